The highest BCUT2D eigenvalue weighted by molar-refractivity contribution is 5.74. The topological polar surface area (TPSA) is 51.5 Å². The molecule has 4 heteroatoms. The van der Waals surface area contributed by atoms with E-state index >= 15 is 0 Å². The molecule has 1 aliphatic rings. The Morgan fingerprint density at radius 3 is 2.90 bits per heavy atom. The molecular weight excluding hydrogens is 252 g/mol. The quantitative estimate of drug-likeness (QED) is 0.633. The number of aliphatic imine (C=N–C) groups is 1. The largest absolute Gasteiger partial charge is 0.481 e. The Morgan fingerprint density at radius 2 is 2.10 bits per heavy atom. The Balaban J connectivity index is 2.15. The molecule has 0 saturated heterocycles. The average Bonchev–Trinajstić information content (AvgIpc) is 2.98. The summed E-state index contributed by atoms with van der Waals surface area (Å²) in [6.45, 7) is 0. The summed E-state index contributed by atoms with van der Waals surface area (Å²) in [6, 6.07) is 7.79. The first kappa shape index (κ1) is 12.6. The Hall–Kier alpha value is -2.45. The van der Waals surface area contributed by atoms with Crippen LogP contribution in [0, 0.1) is 0 Å². The van der Waals surface area contributed by atoms with Crippen molar-refractivity contribution in [3.63, 3.8) is 0 Å². The molecule has 0 saturated carbocycles. The van der Waals surface area contributed by atoms with E-state index in [1.165, 1.54) is 16.7 Å². The van der Waals surface area contributed by atoms with Crippen molar-refractivity contribution in [1.82, 2.24) is 4.98 Å². The zero-order valence-electron chi connectivity index (χ0n) is 11.2. The molecule has 3 rings (SSSR count). The van der Waals surface area contributed by atoms with Gasteiger partial charge >= 0.3 is 0 Å². The molecule has 0 bridgehead atoms. The van der Waals surface area contributed by atoms with E-state index in [1.807, 2.05) is 24.3 Å². The van der Waals surface area contributed by atoms with Gasteiger partial charge in [0.2, 0.25) is 12.0 Å². The Bertz CT molecular complexity index is 704. The van der Waals surface area contributed by atoms with Gasteiger partial charge < -0.3 is 4.74 Å². The summed E-state index contributed by atoms with van der Waals surface area (Å²) in [5.74, 6) is 0.601. The number of hydrogen-bond acceptors (Lipinski definition) is 4. The van der Waals surface area contributed by atoms with Crippen molar-refractivity contribution in [2.24, 2.45) is 4.99 Å². The fourth-order valence-corrected chi connectivity index (χ4v) is 2.80. The summed E-state index contributed by atoms with van der Waals surface area (Å²) in [5.41, 5.74) is 5.44. The normalized spacial score (nSPS) is 12.7. The molecule has 2 aromatic rings. The van der Waals surface area contributed by atoms with Crippen LogP contribution in [0.5, 0.6) is 5.88 Å². The van der Waals surface area contributed by atoms with E-state index in [0.29, 0.717) is 5.88 Å². The molecule has 1 aliphatic carbocycles. The molecule has 0 aliphatic heterocycles. The minimum absolute atomic E-state index is 0.601. The number of aromatic nitrogens is 1. The van der Waals surface area contributed by atoms with E-state index in [9.17, 15) is 4.79 Å². The number of methoxy groups -OCH3 is 1. The van der Waals surface area contributed by atoms with Crippen molar-refractivity contribution >= 4 is 11.8 Å². The molecule has 0 atom stereocenters. The van der Waals surface area contributed by atoms with Crippen LogP contribution >= 0.6 is 0 Å². The van der Waals surface area contributed by atoms with E-state index in [-0.39, 0.29) is 0 Å². The van der Waals surface area contributed by atoms with Crippen molar-refractivity contribution in [3.8, 4) is 17.0 Å². The third-order valence-corrected chi connectivity index (χ3v) is 3.68. The van der Waals surface area contributed by atoms with Crippen molar-refractivity contribution in [2.75, 3.05) is 7.11 Å². The van der Waals surface area contributed by atoms with E-state index in [1.54, 1.807) is 19.4 Å². The average molecular weight is 266 g/mol. The number of fused-ring (bicyclic) bond motifs is 1. The molecular formula is C16H14N2O2. The number of rotatable bonds is 3. The molecule has 0 spiro atoms. The smallest absolute Gasteiger partial charge is 0.240 e. The predicted molar refractivity (Wildman–Crippen MR) is 76.0 cm³/mol. The summed E-state index contributed by atoms with van der Waals surface area (Å²) >= 11 is 0. The summed E-state index contributed by atoms with van der Waals surface area (Å²) in [5, 5.41) is 0. The molecule has 1 aromatic heterocycles. The summed E-state index contributed by atoms with van der Waals surface area (Å²) in [4.78, 5) is 18.4. The number of nitrogens with zero attached hydrogens (tertiary/aromatic N) is 2. The van der Waals surface area contributed by atoms with Crippen LogP contribution in [0.25, 0.3) is 11.1 Å². The van der Waals surface area contributed by atoms with Gasteiger partial charge in [0.1, 0.15) is 0 Å². The standard InChI is InChI=1S/C16H14N2O2/c1-20-16-9-11(7-8-17-16)12-5-6-15(18-10-19)14-4-2-3-13(12)14/h5-9H,2-4H2,1H3. The minimum atomic E-state index is 0.601. The zero-order valence-corrected chi connectivity index (χ0v) is 11.2. The molecule has 1 heterocycles. The lowest BCUT2D eigenvalue weighted by molar-refractivity contribution is 0.398. The molecule has 0 radical (unpaired) electrons. The van der Waals surface area contributed by atoms with Gasteiger partial charge in [0.15, 0.2) is 0 Å². The van der Waals surface area contributed by atoms with Gasteiger partial charge in [-0.2, -0.15) is 4.99 Å². The van der Waals surface area contributed by atoms with Gasteiger partial charge in [-0.15, -0.1) is 0 Å². The van der Waals surface area contributed by atoms with Gasteiger partial charge in [-0.05, 0) is 53.6 Å². The van der Waals surface area contributed by atoms with E-state index in [0.717, 1.165) is 30.5 Å². The number of ether oxygens (including phenoxy) is 1. The maximum Gasteiger partial charge on any atom is 0.240 e. The van der Waals surface area contributed by atoms with Crippen molar-refractivity contribution in [2.45, 2.75) is 19.3 Å². The lowest BCUT2D eigenvalue weighted by atomic mass is 9.96. The van der Waals surface area contributed by atoms with E-state index in [2.05, 4.69) is 9.98 Å². The highest BCUT2D eigenvalue weighted by atomic mass is 16.5. The third-order valence-electron chi connectivity index (χ3n) is 3.68. The highest BCUT2D eigenvalue weighted by Gasteiger charge is 2.19. The molecule has 0 N–H and O–H groups in total. The number of carbonyl (C=O) groups excluding carboxylic acids is 1. The number of isocyanates is 1. The van der Waals surface area contributed by atoms with Crippen molar-refractivity contribution in [3.05, 3.63) is 41.6 Å². The van der Waals surface area contributed by atoms with Gasteiger partial charge in [-0.25, -0.2) is 9.78 Å². The monoisotopic (exact) mass is 266 g/mol. The lowest BCUT2D eigenvalue weighted by Gasteiger charge is -2.11. The zero-order chi connectivity index (χ0) is 13.9. The van der Waals surface area contributed by atoms with Crippen LogP contribution in [0.15, 0.2) is 35.5 Å². The highest BCUT2D eigenvalue weighted by Crippen LogP contribution is 2.38. The molecule has 4 nitrogen and oxygen atoms in total. The maximum absolute atomic E-state index is 10.5. The fraction of sp³-hybridized carbons (Fsp3) is 0.250. The number of pyridine rings is 1. The van der Waals surface area contributed by atoms with Crippen LogP contribution in [-0.4, -0.2) is 18.2 Å². The fourth-order valence-electron chi connectivity index (χ4n) is 2.80. The lowest BCUT2D eigenvalue weighted by Crippen LogP contribution is -1.92. The Kier molecular flexibility index (Phi) is 3.32. The first-order chi connectivity index (χ1) is 9.83. The molecule has 20 heavy (non-hydrogen) atoms. The third kappa shape index (κ3) is 2.10. The molecule has 0 fully saturated rings. The first-order valence-electron chi connectivity index (χ1n) is 6.56. The van der Waals surface area contributed by atoms with Crippen LogP contribution < -0.4 is 4.74 Å². The summed E-state index contributed by atoms with van der Waals surface area (Å²) in [7, 11) is 1.61. The Morgan fingerprint density at radius 1 is 1.25 bits per heavy atom. The van der Waals surface area contributed by atoms with Crippen LogP contribution in [0.1, 0.15) is 17.5 Å². The van der Waals surface area contributed by atoms with Crippen LogP contribution in [-0.2, 0) is 17.6 Å². The summed E-state index contributed by atoms with van der Waals surface area (Å²) < 4.78 is 5.18. The van der Waals surface area contributed by atoms with Gasteiger partial charge in [-0.1, -0.05) is 6.07 Å². The SMILES string of the molecule is COc1cc(-c2ccc(N=C=O)c3c2CCC3)ccn1. The number of hydrogen-bond donors (Lipinski definition) is 0. The van der Waals surface area contributed by atoms with Gasteiger partial charge in [0.05, 0.1) is 12.8 Å². The molecule has 1 aromatic carbocycles. The second-order valence-corrected chi connectivity index (χ2v) is 4.73. The number of benzene rings is 1. The first-order valence-corrected chi connectivity index (χ1v) is 6.56. The predicted octanol–water partition coefficient (Wildman–Crippen LogP) is 3.21. The summed E-state index contributed by atoms with van der Waals surface area (Å²) in [6.07, 6.45) is 6.45. The van der Waals surface area contributed by atoms with E-state index < -0.39 is 0 Å². The van der Waals surface area contributed by atoms with Crippen LogP contribution in [0.2, 0.25) is 0 Å². The maximum atomic E-state index is 10.5. The van der Waals surface area contributed by atoms with Crippen LogP contribution in [0.3, 0.4) is 0 Å². The second-order valence-electron chi connectivity index (χ2n) is 4.73. The van der Waals surface area contributed by atoms with Crippen molar-refractivity contribution < 1.29 is 9.53 Å². The molecule has 0 amide bonds. The second kappa shape index (κ2) is 5.27. The van der Waals surface area contributed by atoms with Gasteiger partial charge in [0.25, 0.3) is 0 Å². The van der Waals surface area contributed by atoms with Crippen LogP contribution in [0.4, 0.5) is 5.69 Å². The van der Waals surface area contributed by atoms with Crippen molar-refractivity contribution in [1.29, 1.82) is 0 Å². The van der Waals surface area contributed by atoms with Gasteiger partial charge in [0, 0.05) is 12.3 Å². The van der Waals surface area contributed by atoms with Gasteiger partial charge in [-0.3, -0.25) is 0 Å². The molecule has 100 valence electrons. The van der Waals surface area contributed by atoms with E-state index in [4.69, 9.17) is 4.74 Å². The minimum Gasteiger partial charge on any atom is -0.481 e. The molecule has 0 unspecified atom stereocenters. The Labute approximate surface area is 117 Å².